The van der Waals surface area contributed by atoms with Gasteiger partial charge >= 0.3 is 0 Å². The molecule has 0 spiro atoms. The molecule has 10 heteroatoms. The monoisotopic (exact) mass is 544 g/mol. The van der Waals surface area contributed by atoms with E-state index in [0.29, 0.717) is 25.7 Å². The van der Waals surface area contributed by atoms with Crippen molar-refractivity contribution in [1.29, 1.82) is 0 Å². The van der Waals surface area contributed by atoms with Gasteiger partial charge in [0.1, 0.15) is 11.5 Å². The molecule has 0 saturated carbocycles. The largest absolute Gasteiger partial charge is 0.497 e. The first-order chi connectivity index (χ1) is 14.5. The molecule has 2 rings (SSSR count). The Hall–Kier alpha value is -2.60. The van der Waals surface area contributed by atoms with Gasteiger partial charge in [-0.05, 0) is 30.7 Å². The van der Waals surface area contributed by atoms with Crippen LogP contribution in [0.2, 0.25) is 0 Å². The number of hydrogen-bond donors (Lipinski definition) is 2. The predicted octanol–water partition coefficient (Wildman–Crippen LogP) is 3.67. The molecule has 0 amide bonds. The van der Waals surface area contributed by atoms with Crippen molar-refractivity contribution in [2.24, 2.45) is 4.99 Å². The zero-order valence-electron chi connectivity index (χ0n) is 18.1. The normalized spacial score (nSPS) is 11.8. The first-order valence-electron chi connectivity index (χ1n) is 9.47. The van der Waals surface area contributed by atoms with Gasteiger partial charge in [-0.2, -0.15) is 0 Å². The number of ether oxygens (including phenoxy) is 3. The molecule has 170 valence electrons. The molecule has 0 aliphatic heterocycles. The van der Waals surface area contributed by atoms with Gasteiger partial charge in [-0.25, -0.2) is 4.99 Å². The number of halogens is 1. The summed E-state index contributed by atoms with van der Waals surface area (Å²) >= 11 is 0. The van der Waals surface area contributed by atoms with Crippen LogP contribution in [0.4, 0.5) is 5.69 Å². The van der Waals surface area contributed by atoms with E-state index in [1.807, 2.05) is 25.1 Å². The maximum Gasteiger partial charge on any atom is 0.269 e. The maximum absolute atomic E-state index is 10.8. The molecule has 0 aliphatic carbocycles. The van der Waals surface area contributed by atoms with Gasteiger partial charge in [0, 0.05) is 31.4 Å². The van der Waals surface area contributed by atoms with Crippen LogP contribution in [0.25, 0.3) is 0 Å². The molecule has 0 heterocycles. The van der Waals surface area contributed by atoms with E-state index in [1.54, 1.807) is 33.5 Å². The highest BCUT2D eigenvalue weighted by Gasteiger charge is 2.14. The van der Waals surface area contributed by atoms with E-state index >= 15 is 0 Å². The highest BCUT2D eigenvalue weighted by Crippen LogP contribution is 2.29. The Balaban J connectivity index is 0.00000480. The predicted molar refractivity (Wildman–Crippen MR) is 131 cm³/mol. The van der Waals surface area contributed by atoms with Crippen LogP contribution in [0.5, 0.6) is 11.5 Å². The lowest BCUT2D eigenvalue weighted by atomic mass is 10.1. The molecule has 2 aromatic carbocycles. The van der Waals surface area contributed by atoms with Crippen LogP contribution in [0.15, 0.2) is 47.5 Å². The molecule has 0 aromatic heterocycles. The number of rotatable bonds is 10. The number of nitro groups is 1. The Morgan fingerprint density at radius 3 is 2.42 bits per heavy atom. The minimum Gasteiger partial charge on any atom is -0.497 e. The van der Waals surface area contributed by atoms with Gasteiger partial charge in [-0.15, -0.1) is 24.0 Å². The maximum atomic E-state index is 10.8. The second-order valence-electron chi connectivity index (χ2n) is 6.48. The number of nitrogens with one attached hydrogen (secondary N) is 2. The van der Waals surface area contributed by atoms with Crippen LogP contribution >= 0.6 is 24.0 Å². The molecule has 2 N–H and O–H groups in total. The van der Waals surface area contributed by atoms with E-state index in [-0.39, 0.29) is 35.7 Å². The van der Waals surface area contributed by atoms with Gasteiger partial charge in [0.15, 0.2) is 5.96 Å². The number of methoxy groups -OCH3 is 3. The minimum absolute atomic E-state index is 0. The molecule has 0 fully saturated rings. The van der Waals surface area contributed by atoms with Gasteiger partial charge in [0.2, 0.25) is 0 Å². The van der Waals surface area contributed by atoms with E-state index in [4.69, 9.17) is 14.2 Å². The summed E-state index contributed by atoms with van der Waals surface area (Å²) in [6, 6.07) is 11.8. The Kier molecular flexibility index (Phi) is 11.6. The van der Waals surface area contributed by atoms with Crippen molar-refractivity contribution in [3.8, 4) is 11.5 Å². The molecule has 2 aromatic rings. The summed E-state index contributed by atoms with van der Waals surface area (Å²) in [7, 11) is 4.87. The van der Waals surface area contributed by atoms with Crippen molar-refractivity contribution in [3.63, 3.8) is 0 Å². The minimum atomic E-state index is -0.421. The molecular formula is C21H29IN4O5. The van der Waals surface area contributed by atoms with E-state index in [0.717, 1.165) is 22.6 Å². The second kappa shape index (κ2) is 13.7. The Labute approximate surface area is 199 Å². The van der Waals surface area contributed by atoms with E-state index in [9.17, 15) is 10.1 Å². The first-order valence-corrected chi connectivity index (χ1v) is 9.47. The van der Waals surface area contributed by atoms with Crippen LogP contribution in [-0.4, -0.2) is 45.4 Å². The number of nitrogens with zero attached hydrogens (tertiary/aromatic N) is 2. The third kappa shape index (κ3) is 8.21. The average Bonchev–Trinajstić information content (AvgIpc) is 2.77. The second-order valence-corrected chi connectivity index (χ2v) is 6.48. The zero-order valence-corrected chi connectivity index (χ0v) is 20.4. The zero-order chi connectivity index (χ0) is 21.9. The number of aliphatic imine (C=N–C) groups is 1. The molecule has 0 bridgehead atoms. The molecule has 1 unspecified atom stereocenters. The van der Waals surface area contributed by atoms with Gasteiger partial charge < -0.3 is 24.8 Å². The summed E-state index contributed by atoms with van der Waals surface area (Å²) in [5.74, 6) is 2.06. The van der Waals surface area contributed by atoms with Crippen molar-refractivity contribution >= 4 is 35.6 Å². The molecular weight excluding hydrogens is 515 g/mol. The number of nitro benzene ring substituents is 1. The number of non-ortho nitro benzene ring substituents is 1. The summed E-state index contributed by atoms with van der Waals surface area (Å²) in [5.41, 5.74) is 1.84. The first kappa shape index (κ1) is 26.4. The van der Waals surface area contributed by atoms with E-state index < -0.39 is 4.92 Å². The topological polar surface area (TPSA) is 107 Å². The number of benzene rings is 2. The summed E-state index contributed by atoms with van der Waals surface area (Å²) in [6.07, 6.45) is 0. The average molecular weight is 544 g/mol. The molecule has 31 heavy (non-hydrogen) atoms. The van der Waals surface area contributed by atoms with Crippen LogP contribution in [0.3, 0.4) is 0 Å². The van der Waals surface area contributed by atoms with E-state index in [1.165, 1.54) is 12.1 Å². The quantitative estimate of drug-likeness (QED) is 0.117. The van der Waals surface area contributed by atoms with Crippen molar-refractivity contribution in [3.05, 3.63) is 63.7 Å². The highest BCUT2D eigenvalue weighted by atomic mass is 127. The van der Waals surface area contributed by atoms with Crippen LogP contribution in [-0.2, 0) is 11.3 Å². The van der Waals surface area contributed by atoms with Crippen molar-refractivity contribution < 1.29 is 19.1 Å². The molecule has 9 nitrogen and oxygen atoms in total. The summed E-state index contributed by atoms with van der Waals surface area (Å²) in [6.45, 7) is 3.46. The van der Waals surface area contributed by atoms with Crippen LogP contribution < -0.4 is 20.1 Å². The Bertz CT molecular complexity index is 861. The standard InChI is InChI=1S/C21H28N4O5.HI/c1-15(19-13-18(29-3)9-10-20(19)30-4)24-21(22-11-12-28-2)23-14-16-5-7-17(8-6-16)25(26)27;/h5-10,13,15H,11-12,14H2,1-4H3,(H2,22,23,24);1H. The fourth-order valence-electron chi connectivity index (χ4n) is 2.78. The number of guanidine groups is 1. The smallest absolute Gasteiger partial charge is 0.269 e. The Morgan fingerprint density at radius 2 is 1.84 bits per heavy atom. The van der Waals surface area contributed by atoms with Crippen LogP contribution in [0.1, 0.15) is 24.1 Å². The molecule has 0 radical (unpaired) electrons. The summed E-state index contributed by atoms with van der Waals surface area (Å²) in [4.78, 5) is 15.0. The van der Waals surface area contributed by atoms with Gasteiger partial charge in [-0.1, -0.05) is 12.1 Å². The van der Waals surface area contributed by atoms with Gasteiger partial charge in [-0.3, -0.25) is 10.1 Å². The third-order valence-electron chi connectivity index (χ3n) is 4.42. The van der Waals surface area contributed by atoms with E-state index in [2.05, 4.69) is 15.6 Å². The summed E-state index contributed by atoms with van der Waals surface area (Å²) in [5, 5.41) is 17.4. The molecule has 0 saturated heterocycles. The van der Waals surface area contributed by atoms with Crippen molar-refractivity contribution in [1.82, 2.24) is 10.6 Å². The molecule has 1 atom stereocenters. The lowest BCUT2D eigenvalue weighted by Crippen LogP contribution is -2.40. The van der Waals surface area contributed by atoms with Crippen LogP contribution in [0, 0.1) is 10.1 Å². The fraction of sp³-hybridized carbons (Fsp3) is 0.381. The Morgan fingerprint density at radius 1 is 1.13 bits per heavy atom. The molecule has 0 aliphatic rings. The summed E-state index contributed by atoms with van der Waals surface area (Å²) < 4.78 is 15.9. The van der Waals surface area contributed by atoms with Crippen molar-refractivity contribution in [2.75, 3.05) is 34.5 Å². The fourth-order valence-corrected chi connectivity index (χ4v) is 2.78. The lowest BCUT2D eigenvalue weighted by molar-refractivity contribution is -0.384. The SMILES string of the molecule is COCCNC(=NCc1ccc([N+](=O)[O-])cc1)NC(C)c1cc(OC)ccc1OC.I. The third-order valence-corrected chi connectivity index (χ3v) is 4.42. The lowest BCUT2D eigenvalue weighted by Gasteiger charge is -2.21. The van der Waals surface area contributed by atoms with Gasteiger partial charge in [0.05, 0.1) is 38.3 Å². The number of hydrogen-bond acceptors (Lipinski definition) is 6. The van der Waals surface area contributed by atoms with Gasteiger partial charge in [0.25, 0.3) is 5.69 Å². The van der Waals surface area contributed by atoms with Crippen molar-refractivity contribution in [2.45, 2.75) is 19.5 Å². The highest BCUT2D eigenvalue weighted by molar-refractivity contribution is 14.0.